The number of anilines is 1. The molecule has 0 N–H and O–H groups in total. The monoisotopic (exact) mass is 278 g/mol. The largest absolute Gasteiger partial charge is 0.412 e. The average molecular weight is 278 g/mol. The quantitative estimate of drug-likeness (QED) is 0.789. The molecule has 0 spiro atoms. The van der Waals surface area contributed by atoms with Crippen molar-refractivity contribution in [3.8, 4) is 0 Å². The lowest BCUT2D eigenvalue weighted by Crippen LogP contribution is -2.44. The van der Waals surface area contributed by atoms with E-state index in [0.717, 1.165) is 19.5 Å². The molecule has 2 heterocycles. The molecule has 106 valence electrons. The van der Waals surface area contributed by atoms with Crippen molar-refractivity contribution >= 4 is 14.0 Å². The van der Waals surface area contributed by atoms with E-state index in [1.807, 2.05) is 12.4 Å². The highest BCUT2D eigenvalue weighted by molar-refractivity contribution is 6.74. The van der Waals surface area contributed by atoms with Crippen LogP contribution in [0.3, 0.4) is 0 Å². The number of hydrogen-bond acceptors (Lipinski definition) is 3. The first kappa shape index (κ1) is 14.5. The zero-order valence-corrected chi connectivity index (χ0v) is 13.8. The normalized spacial score (nSPS) is 20.9. The van der Waals surface area contributed by atoms with Crippen molar-refractivity contribution in [2.45, 2.75) is 51.4 Å². The Balaban J connectivity index is 1.96. The number of nitrogens with zero attached hydrogens (tertiary/aromatic N) is 2. The third-order valence-electron chi connectivity index (χ3n) is 4.44. The fourth-order valence-electron chi connectivity index (χ4n) is 2.21. The van der Waals surface area contributed by atoms with E-state index in [4.69, 9.17) is 4.43 Å². The molecular formula is C15H26N2OSi. The van der Waals surface area contributed by atoms with Crippen molar-refractivity contribution in [2.24, 2.45) is 0 Å². The van der Waals surface area contributed by atoms with E-state index in [0.29, 0.717) is 6.10 Å². The summed E-state index contributed by atoms with van der Waals surface area (Å²) in [6.45, 7) is 13.7. The van der Waals surface area contributed by atoms with Crippen LogP contribution in [0.4, 0.5) is 5.69 Å². The lowest BCUT2D eigenvalue weighted by Gasteiger charge is -2.38. The van der Waals surface area contributed by atoms with Crippen LogP contribution in [0.25, 0.3) is 0 Å². The predicted molar refractivity (Wildman–Crippen MR) is 83.1 cm³/mol. The van der Waals surface area contributed by atoms with Gasteiger partial charge in [-0.05, 0) is 36.7 Å². The van der Waals surface area contributed by atoms with Crippen molar-refractivity contribution in [1.29, 1.82) is 0 Å². The Morgan fingerprint density at radius 3 is 2.47 bits per heavy atom. The highest BCUT2D eigenvalue weighted by Crippen LogP contribution is 2.38. The van der Waals surface area contributed by atoms with E-state index in [-0.39, 0.29) is 5.04 Å². The molecule has 0 amide bonds. The van der Waals surface area contributed by atoms with Crippen LogP contribution in [0.2, 0.25) is 18.1 Å². The summed E-state index contributed by atoms with van der Waals surface area (Å²) in [6, 6.07) is 4.16. The number of hydrogen-bond donors (Lipinski definition) is 0. The van der Waals surface area contributed by atoms with Crippen molar-refractivity contribution in [2.75, 3.05) is 18.0 Å². The van der Waals surface area contributed by atoms with Gasteiger partial charge in [-0.15, -0.1) is 0 Å². The predicted octanol–water partition coefficient (Wildman–Crippen LogP) is 3.68. The van der Waals surface area contributed by atoms with Gasteiger partial charge in [0.1, 0.15) is 0 Å². The highest BCUT2D eigenvalue weighted by Gasteiger charge is 2.40. The van der Waals surface area contributed by atoms with Crippen LogP contribution < -0.4 is 4.90 Å². The van der Waals surface area contributed by atoms with Crippen LogP contribution in [-0.2, 0) is 4.43 Å². The van der Waals surface area contributed by atoms with Gasteiger partial charge in [-0.25, -0.2) is 0 Å². The van der Waals surface area contributed by atoms with Crippen LogP contribution >= 0.6 is 0 Å². The smallest absolute Gasteiger partial charge is 0.192 e. The minimum absolute atomic E-state index is 0.289. The Labute approximate surface area is 118 Å². The lowest BCUT2D eigenvalue weighted by atomic mass is 10.2. The first-order valence-corrected chi connectivity index (χ1v) is 10.0. The lowest BCUT2D eigenvalue weighted by molar-refractivity contribution is 0.202. The van der Waals surface area contributed by atoms with E-state index in [2.05, 4.69) is 55.9 Å². The summed E-state index contributed by atoms with van der Waals surface area (Å²) >= 11 is 0. The van der Waals surface area contributed by atoms with Gasteiger partial charge in [-0.1, -0.05) is 20.8 Å². The molecule has 2 rings (SSSR count). The van der Waals surface area contributed by atoms with Gasteiger partial charge in [0.05, 0.1) is 6.10 Å². The Morgan fingerprint density at radius 1 is 1.26 bits per heavy atom. The molecule has 1 atom stereocenters. The molecule has 19 heavy (non-hydrogen) atoms. The minimum atomic E-state index is -1.64. The first-order chi connectivity index (χ1) is 8.79. The summed E-state index contributed by atoms with van der Waals surface area (Å²) in [5.41, 5.74) is 1.26. The molecule has 1 aromatic heterocycles. The molecule has 0 radical (unpaired) electrons. The van der Waals surface area contributed by atoms with Gasteiger partial charge < -0.3 is 9.33 Å². The number of rotatable bonds is 3. The van der Waals surface area contributed by atoms with E-state index < -0.39 is 8.32 Å². The Bertz CT molecular complexity index is 414. The molecule has 0 aliphatic carbocycles. The third kappa shape index (κ3) is 3.36. The van der Waals surface area contributed by atoms with Gasteiger partial charge in [-0.3, -0.25) is 4.98 Å². The van der Waals surface area contributed by atoms with Crippen LogP contribution in [-0.4, -0.2) is 32.5 Å². The Hall–Kier alpha value is -0.873. The first-order valence-electron chi connectivity index (χ1n) is 7.12. The molecule has 1 aliphatic rings. The van der Waals surface area contributed by atoms with E-state index in [1.165, 1.54) is 5.69 Å². The topological polar surface area (TPSA) is 25.4 Å². The van der Waals surface area contributed by atoms with E-state index in [1.54, 1.807) is 0 Å². The second-order valence-electron chi connectivity index (χ2n) is 6.94. The number of pyridine rings is 1. The highest BCUT2D eigenvalue weighted by atomic mass is 28.4. The van der Waals surface area contributed by atoms with Crippen molar-refractivity contribution in [3.05, 3.63) is 24.5 Å². The number of aromatic nitrogens is 1. The molecule has 1 aromatic rings. The molecule has 4 heteroatoms. The summed E-state index contributed by atoms with van der Waals surface area (Å²) in [5, 5.41) is 0.289. The molecule has 0 bridgehead atoms. The van der Waals surface area contributed by atoms with Crippen LogP contribution in [0.15, 0.2) is 24.5 Å². The standard InChI is InChI=1S/C15H26N2OSi/c1-15(2,3)19(4,5)18-14-8-11-17(12-14)13-6-9-16-10-7-13/h6-7,9-10,14H,8,11-12H2,1-5H3. The second-order valence-corrected chi connectivity index (χ2v) is 11.7. The average Bonchev–Trinajstić information content (AvgIpc) is 2.76. The van der Waals surface area contributed by atoms with Gasteiger partial charge in [0.25, 0.3) is 0 Å². The summed E-state index contributed by atoms with van der Waals surface area (Å²) in [6.07, 6.45) is 5.23. The maximum Gasteiger partial charge on any atom is 0.192 e. The molecule has 1 unspecified atom stereocenters. The van der Waals surface area contributed by atoms with Gasteiger partial charge in [0.2, 0.25) is 0 Å². The Kier molecular flexibility index (Phi) is 4.02. The maximum atomic E-state index is 6.50. The summed E-state index contributed by atoms with van der Waals surface area (Å²) in [4.78, 5) is 6.48. The van der Waals surface area contributed by atoms with Crippen LogP contribution in [0.1, 0.15) is 27.2 Å². The Morgan fingerprint density at radius 2 is 1.89 bits per heavy atom. The third-order valence-corrected chi connectivity index (χ3v) is 8.98. The van der Waals surface area contributed by atoms with Gasteiger partial charge in [0.15, 0.2) is 8.32 Å². The fraction of sp³-hybridized carbons (Fsp3) is 0.667. The van der Waals surface area contributed by atoms with Gasteiger partial charge in [0, 0.05) is 31.2 Å². The van der Waals surface area contributed by atoms with Gasteiger partial charge in [-0.2, -0.15) is 0 Å². The van der Waals surface area contributed by atoms with Crippen molar-refractivity contribution in [1.82, 2.24) is 4.98 Å². The van der Waals surface area contributed by atoms with E-state index in [9.17, 15) is 0 Å². The van der Waals surface area contributed by atoms with Crippen molar-refractivity contribution in [3.63, 3.8) is 0 Å². The van der Waals surface area contributed by atoms with Crippen molar-refractivity contribution < 1.29 is 4.43 Å². The van der Waals surface area contributed by atoms with E-state index >= 15 is 0 Å². The molecule has 3 nitrogen and oxygen atoms in total. The molecule has 1 aliphatic heterocycles. The fourth-order valence-corrected chi connectivity index (χ4v) is 3.59. The molecular weight excluding hydrogens is 252 g/mol. The zero-order chi connectivity index (χ0) is 14.1. The zero-order valence-electron chi connectivity index (χ0n) is 12.8. The molecule has 1 saturated heterocycles. The minimum Gasteiger partial charge on any atom is -0.412 e. The SMILES string of the molecule is CC(C)(C)[Si](C)(C)OC1CCN(c2ccncc2)C1. The van der Waals surface area contributed by atoms with Gasteiger partial charge >= 0.3 is 0 Å². The van der Waals surface area contributed by atoms with Crippen LogP contribution in [0.5, 0.6) is 0 Å². The second kappa shape index (κ2) is 5.25. The molecule has 1 fully saturated rings. The summed E-state index contributed by atoms with van der Waals surface area (Å²) in [5.74, 6) is 0. The van der Waals surface area contributed by atoms with Crippen LogP contribution in [0, 0.1) is 0 Å². The molecule has 0 saturated carbocycles. The summed E-state index contributed by atoms with van der Waals surface area (Å²) < 4.78 is 6.50. The molecule has 0 aromatic carbocycles. The maximum absolute atomic E-state index is 6.50. The summed E-state index contributed by atoms with van der Waals surface area (Å²) in [7, 11) is -1.64.